The number of rotatable bonds is 1. The minimum atomic E-state index is -3.35. The third kappa shape index (κ3) is 1.82. The van der Waals surface area contributed by atoms with Gasteiger partial charge in [0.2, 0.25) is 0 Å². The number of fused-ring (bicyclic) bond motifs is 1. The lowest BCUT2D eigenvalue weighted by molar-refractivity contribution is 0.214. The zero-order valence-corrected chi connectivity index (χ0v) is 9.68. The van der Waals surface area contributed by atoms with Crippen LogP contribution < -0.4 is 4.47 Å². The molecule has 1 aromatic carbocycles. The highest BCUT2D eigenvalue weighted by atomic mass is 35.5. The molecule has 0 spiro atoms. The van der Waals surface area contributed by atoms with Gasteiger partial charge >= 0.3 is 0 Å². The second kappa shape index (κ2) is 3.66. The first-order chi connectivity index (χ1) is 7.04. The Morgan fingerprint density at radius 2 is 2.20 bits per heavy atom. The van der Waals surface area contributed by atoms with Crippen molar-refractivity contribution < 1.29 is 13.3 Å². The minimum absolute atomic E-state index is 0.0650. The van der Waals surface area contributed by atoms with Gasteiger partial charge in [0.05, 0.1) is 18.6 Å². The Hall–Kier alpha value is -0.780. The maximum absolute atomic E-state index is 11.6. The van der Waals surface area contributed by atoms with Crippen LogP contribution in [-0.4, -0.2) is 21.3 Å². The zero-order chi connectivity index (χ0) is 11.1. The lowest BCUT2D eigenvalue weighted by Gasteiger charge is -2.27. The summed E-state index contributed by atoms with van der Waals surface area (Å²) in [6.07, 6.45) is 0.495. The van der Waals surface area contributed by atoms with Gasteiger partial charge in [0.1, 0.15) is 0 Å². The average molecular weight is 248 g/mol. The molecule has 1 heterocycles. The predicted molar refractivity (Wildman–Crippen MR) is 58.4 cm³/mol. The molecule has 1 aliphatic rings. The van der Waals surface area contributed by atoms with Crippen molar-refractivity contribution in [2.24, 2.45) is 0 Å². The SMILES string of the molecule is CON1c2cc(Cl)ccc2CCS1(=O)=O. The van der Waals surface area contributed by atoms with Gasteiger partial charge in [0, 0.05) is 5.02 Å². The molecule has 0 fully saturated rings. The van der Waals surface area contributed by atoms with Crippen molar-refractivity contribution in [3.63, 3.8) is 0 Å². The van der Waals surface area contributed by atoms with Gasteiger partial charge in [-0.3, -0.25) is 4.84 Å². The largest absolute Gasteiger partial charge is 0.262 e. The van der Waals surface area contributed by atoms with E-state index >= 15 is 0 Å². The van der Waals surface area contributed by atoms with Crippen molar-refractivity contribution in [3.8, 4) is 0 Å². The number of sulfonamides is 1. The molecule has 15 heavy (non-hydrogen) atoms. The first-order valence-electron chi connectivity index (χ1n) is 4.40. The predicted octanol–water partition coefficient (Wildman–Crippen LogP) is 1.59. The van der Waals surface area contributed by atoms with Crippen LogP contribution >= 0.6 is 11.6 Å². The molecule has 6 heteroatoms. The van der Waals surface area contributed by atoms with Gasteiger partial charge in [-0.1, -0.05) is 17.7 Å². The molecule has 4 nitrogen and oxygen atoms in total. The van der Waals surface area contributed by atoms with E-state index in [2.05, 4.69) is 0 Å². The third-order valence-electron chi connectivity index (χ3n) is 2.29. The Kier molecular flexibility index (Phi) is 2.62. The standard InChI is InChI=1S/C9H10ClNO3S/c1-14-11-9-6-8(10)3-2-7(9)4-5-15(11,12)13/h2-3,6H,4-5H2,1H3. The van der Waals surface area contributed by atoms with Gasteiger partial charge < -0.3 is 0 Å². The van der Waals surface area contributed by atoms with E-state index < -0.39 is 10.0 Å². The number of hydrogen-bond donors (Lipinski definition) is 0. The normalized spacial score (nSPS) is 18.7. The van der Waals surface area contributed by atoms with Crippen molar-refractivity contribution in [3.05, 3.63) is 28.8 Å². The summed E-state index contributed by atoms with van der Waals surface area (Å²) in [4.78, 5) is 4.87. The van der Waals surface area contributed by atoms with Gasteiger partial charge in [0.25, 0.3) is 10.0 Å². The maximum atomic E-state index is 11.6. The highest BCUT2D eigenvalue weighted by molar-refractivity contribution is 7.92. The lowest BCUT2D eigenvalue weighted by Crippen LogP contribution is -2.36. The van der Waals surface area contributed by atoms with E-state index in [1.807, 2.05) is 6.07 Å². The number of aryl methyl sites for hydroxylation is 1. The second-order valence-corrected chi connectivity index (χ2v) is 5.59. The van der Waals surface area contributed by atoms with E-state index in [0.29, 0.717) is 17.1 Å². The summed E-state index contributed by atoms with van der Waals surface area (Å²) in [5.41, 5.74) is 1.44. The average Bonchev–Trinajstić information content (AvgIpc) is 2.16. The summed E-state index contributed by atoms with van der Waals surface area (Å²) in [5.74, 6) is 0.0650. The summed E-state index contributed by atoms with van der Waals surface area (Å²) in [5, 5.41) is 0.493. The monoisotopic (exact) mass is 247 g/mol. The Morgan fingerprint density at radius 3 is 2.87 bits per heavy atom. The van der Waals surface area contributed by atoms with E-state index in [4.69, 9.17) is 16.4 Å². The molecule has 0 aromatic heterocycles. The number of halogens is 1. The fourth-order valence-corrected chi connectivity index (χ4v) is 3.11. The van der Waals surface area contributed by atoms with Gasteiger partial charge in [-0.2, -0.15) is 0 Å². The molecule has 0 N–H and O–H groups in total. The van der Waals surface area contributed by atoms with Crippen LogP contribution in [0.5, 0.6) is 0 Å². The lowest BCUT2D eigenvalue weighted by atomic mass is 10.1. The minimum Gasteiger partial charge on any atom is -0.262 e. The third-order valence-corrected chi connectivity index (χ3v) is 4.10. The number of hydrogen-bond acceptors (Lipinski definition) is 3. The molecule has 0 aliphatic carbocycles. The van der Waals surface area contributed by atoms with Crippen molar-refractivity contribution >= 4 is 27.3 Å². The quantitative estimate of drug-likeness (QED) is 0.757. The molecule has 1 aliphatic heterocycles. The van der Waals surface area contributed by atoms with E-state index in [9.17, 15) is 8.42 Å². The van der Waals surface area contributed by atoms with E-state index in [0.717, 1.165) is 10.0 Å². The van der Waals surface area contributed by atoms with E-state index in [1.165, 1.54) is 7.11 Å². The van der Waals surface area contributed by atoms with Crippen molar-refractivity contribution in [1.82, 2.24) is 0 Å². The van der Waals surface area contributed by atoms with Gasteiger partial charge in [0.15, 0.2) is 0 Å². The number of benzene rings is 1. The Balaban J connectivity index is 2.59. The van der Waals surface area contributed by atoms with Crippen LogP contribution in [0.3, 0.4) is 0 Å². The van der Waals surface area contributed by atoms with Crippen LogP contribution in [0.4, 0.5) is 5.69 Å². The fourth-order valence-electron chi connectivity index (χ4n) is 1.60. The molecule has 0 bridgehead atoms. The Labute approximate surface area is 93.4 Å². The second-order valence-electron chi connectivity index (χ2n) is 3.25. The molecule has 0 unspecified atom stereocenters. The molecular weight excluding hydrogens is 238 g/mol. The molecule has 82 valence electrons. The molecule has 1 aromatic rings. The van der Waals surface area contributed by atoms with E-state index in [1.54, 1.807) is 12.1 Å². The van der Waals surface area contributed by atoms with E-state index in [-0.39, 0.29) is 5.75 Å². The van der Waals surface area contributed by atoms with Crippen LogP contribution in [0.15, 0.2) is 18.2 Å². The topological polar surface area (TPSA) is 46.6 Å². The van der Waals surface area contributed by atoms with Crippen molar-refractivity contribution in [1.29, 1.82) is 0 Å². The summed E-state index contributed by atoms with van der Waals surface area (Å²) in [6.45, 7) is 0. The molecule has 0 saturated heterocycles. The number of nitrogens with zero attached hydrogens (tertiary/aromatic N) is 1. The highest BCUT2D eigenvalue weighted by Gasteiger charge is 2.30. The van der Waals surface area contributed by atoms with Crippen molar-refractivity contribution in [2.45, 2.75) is 6.42 Å². The molecule has 0 amide bonds. The fraction of sp³-hybridized carbons (Fsp3) is 0.333. The summed E-state index contributed by atoms with van der Waals surface area (Å²) >= 11 is 5.82. The zero-order valence-electron chi connectivity index (χ0n) is 8.10. The highest BCUT2D eigenvalue weighted by Crippen LogP contribution is 2.31. The van der Waals surface area contributed by atoms with Crippen LogP contribution in [0, 0.1) is 0 Å². The molecule has 0 radical (unpaired) electrons. The van der Waals surface area contributed by atoms with Crippen LogP contribution in [-0.2, 0) is 21.3 Å². The molecule has 0 atom stereocenters. The summed E-state index contributed by atoms with van der Waals surface area (Å²) < 4.78 is 24.2. The smallest absolute Gasteiger partial charge is 0.257 e. The van der Waals surface area contributed by atoms with Gasteiger partial charge in [-0.25, -0.2) is 8.42 Å². The summed E-state index contributed by atoms with van der Waals surface area (Å²) in [7, 11) is -2.02. The van der Waals surface area contributed by atoms with Crippen molar-refractivity contribution in [2.75, 3.05) is 17.3 Å². The van der Waals surface area contributed by atoms with Crippen LogP contribution in [0.2, 0.25) is 5.02 Å². The first-order valence-corrected chi connectivity index (χ1v) is 6.39. The molecular formula is C9H10ClNO3S. The Bertz CT molecular complexity index is 486. The van der Waals surface area contributed by atoms with Gasteiger partial charge in [-0.15, -0.1) is 4.47 Å². The maximum Gasteiger partial charge on any atom is 0.257 e. The molecule has 0 saturated carbocycles. The molecule has 2 rings (SSSR count). The Morgan fingerprint density at radius 1 is 1.47 bits per heavy atom. The number of anilines is 1. The van der Waals surface area contributed by atoms with Crippen LogP contribution in [0.1, 0.15) is 5.56 Å². The first kappa shape index (κ1) is 10.7. The van der Waals surface area contributed by atoms with Gasteiger partial charge in [-0.05, 0) is 24.1 Å². The van der Waals surface area contributed by atoms with Crippen LogP contribution in [0.25, 0.3) is 0 Å². The summed E-state index contributed by atoms with van der Waals surface area (Å²) in [6, 6.07) is 5.15.